The number of methoxy groups -OCH3 is 1. The number of nitrogens with zero attached hydrogens (tertiary/aromatic N) is 3. The van der Waals surface area contributed by atoms with Crippen LogP contribution in [0.3, 0.4) is 0 Å². The van der Waals surface area contributed by atoms with Gasteiger partial charge >= 0.3 is 24.3 Å². The maximum atomic E-state index is 12.4. The fourth-order valence-electron chi connectivity index (χ4n) is 3.88. The quantitative estimate of drug-likeness (QED) is 0.513. The largest absolute Gasteiger partial charge is 0.490 e. The molecule has 1 aromatic heterocycles. The molecule has 3 atom stereocenters. The fraction of sp³-hybridized carbons (Fsp3) is 0.650. The maximum absolute atomic E-state index is 12.4. The van der Waals surface area contributed by atoms with E-state index in [1.807, 2.05) is 12.1 Å². The normalized spacial score (nSPS) is 22.6. The second-order valence-corrected chi connectivity index (χ2v) is 10.2. The van der Waals surface area contributed by atoms with Crippen LogP contribution in [0, 0.1) is 5.92 Å². The van der Waals surface area contributed by atoms with Crippen LogP contribution in [0.1, 0.15) is 18.9 Å². The van der Waals surface area contributed by atoms with Crippen LogP contribution >= 0.6 is 0 Å². The Hall–Kier alpha value is -2.50. The first-order valence-electron chi connectivity index (χ1n) is 10.7. The molecule has 10 nitrogen and oxygen atoms in total. The van der Waals surface area contributed by atoms with Gasteiger partial charge in [-0.05, 0) is 31.0 Å². The molecule has 2 saturated heterocycles. The Bertz CT molecular complexity index is 968. The molecule has 0 saturated carbocycles. The van der Waals surface area contributed by atoms with E-state index in [2.05, 4.69) is 9.88 Å². The van der Waals surface area contributed by atoms with E-state index in [0.29, 0.717) is 6.54 Å². The van der Waals surface area contributed by atoms with Crippen molar-refractivity contribution >= 4 is 22.0 Å². The van der Waals surface area contributed by atoms with Gasteiger partial charge in [0.2, 0.25) is 10.0 Å². The number of rotatable bonds is 5. The van der Waals surface area contributed by atoms with Gasteiger partial charge in [-0.1, -0.05) is 0 Å². The number of sulfonamides is 1. The molecule has 3 rings (SSSR count). The number of alkyl halides is 6. The van der Waals surface area contributed by atoms with Crippen molar-refractivity contribution in [3.05, 3.63) is 30.1 Å². The lowest BCUT2D eigenvalue weighted by molar-refractivity contribution is -0.193. The van der Waals surface area contributed by atoms with Gasteiger partial charge in [-0.25, -0.2) is 18.0 Å². The highest BCUT2D eigenvalue weighted by atomic mass is 32.2. The van der Waals surface area contributed by atoms with Crippen molar-refractivity contribution in [3.8, 4) is 0 Å². The minimum atomic E-state index is -5.08. The monoisotopic (exact) mass is 567 g/mol. The molecular formula is C20H27F6N3O7S. The molecule has 0 aromatic carbocycles. The van der Waals surface area contributed by atoms with E-state index in [4.69, 9.17) is 24.5 Å². The predicted molar refractivity (Wildman–Crippen MR) is 116 cm³/mol. The summed E-state index contributed by atoms with van der Waals surface area (Å²) in [7, 11) is -1.43. The highest BCUT2D eigenvalue weighted by molar-refractivity contribution is 7.89. The van der Waals surface area contributed by atoms with Gasteiger partial charge in [0, 0.05) is 57.6 Å². The van der Waals surface area contributed by atoms with Crippen molar-refractivity contribution in [3.63, 3.8) is 0 Å². The zero-order valence-electron chi connectivity index (χ0n) is 19.7. The van der Waals surface area contributed by atoms with Crippen LogP contribution in [0.5, 0.6) is 0 Å². The molecule has 0 unspecified atom stereocenters. The fourth-order valence-corrected chi connectivity index (χ4v) is 5.23. The Kier molecular flexibility index (Phi) is 11.7. The lowest BCUT2D eigenvalue weighted by Crippen LogP contribution is -2.53. The van der Waals surface area contributed by atoms with Crippen molar-refractivity contribution in [2.45, 2.75) is 44.4 Å². The third kappa shape index (κ3) is 10.1. The van der Waals surface area contributed by atoms with E-state index in [1.165, 1.54) is 5.56 Å². The third-order valence-corrected chi connectivity index (χ3v) is 7.45. The van der Waals surface area contributed by atoms with E-state index in [0.717, 1.165) is 26.1 Å². The number of aliphatic carboxylic acids is 2. The molecule has 212 valence electrons. The zero-order chi connectivity index (χ0) is 28.6. The van der Waals surface area contributed by atoms with Gasteiger partial charge in [0.25, 0.3) is 0 Å². The van der Waals surface area contributed by atoms with Crippen molar-refractivity contribution < 1.29 is 59.3 Å². The Morgan fingerprint density at radius 2 is 1.54 bits per heavy atom. The summed E-state index contributed by atoms with van der Waals surface area (Å²) in [6.45, 7) is 4.76. The number of pyridine rings is 1. The summed E-state index contributed by atoms with van der Waals surface area (Å²) >= 11 is 0. The number of piperidine rings is 1. The molecule has 2 aliphatic rings. The molecule has 2 N–H and O–H groups in total. The van der Waals surface area contributed by atoms with E-state index >= 15 is 0 Å². The maximum Gasteiger partial charge on any atom is 0.490 e. The molecule has 0 radical (unpaired) electrons. The van der Waals surface area contributed by atoms with Crippen molar-refractivity contribution in [1.82, 2.24) is 14.2 Å². The third-order valence-electron chi connectivity index (χ3n) is 5.56. The summed E-state index contributed by atoms with van der Waals surface area (Å²) in [6.07, 6.45) is -5.65. The smallest absolute Gasteiger partial charge is 0.475 e. The summed E-state index contributed by atoms with van der Waals surface area (Å²) in [5, 5.41) is 14.2. The van der Waals surface area contributed by atoms with Crippen LogP contribution in [0.4, 0.5) is 26.3 Å². The van der Waals surface area contributed by atoms with Gasteiger partial charge in [0.15, 0.2) is 0 Å². The Morgan fingerprint density at radius 3 is 1.95 bits per heavy atom. The minimum absolute atomic E-state index is 0.0282. The molecule has 2 aliphatic heterocycles. The van der Waals surface area contributed by atoms with E-state index < -0.39 is 34.3 Å². The van der Waals surface area contributed by atoms with Crippen LogP contribution in [0.15, 0.2) is 24.5 Å². The number of likely N-dealkylation sites (tertiary alicyclic amines) is 1. The van der Waals surface area contributed by atoms with Gasteiger partial charge in [0.1, 0.15) is 0 Å². The Balaban J connectivity index is 0.000000404. The molecule has 1 aromatic rings. The standard InChI is InChI=1S/C16H25N3O3S.2C2HF3O2/c1-3-23(20,21)19-9-6-16(22-2)14-11-18(12-15(14)19)10-13-4-7-17-8-5-13;2*3-2(4,5)1(6)7/h4-5,7-8,14-16H,3,6,9-12H2,1-2H3;2*(H,6,7)/t14-,15+,16+;;/m0../s1. The highest BCUT2D eigenvalue weighted by Gasteiger charge is 2.47. The SMILES string of the molecule is CCS(=O)(=O)N1CC[C@@H](OC)[C@H]2CN(Cc3ccncc3)C[C@H]21.O=C(O)C(F)(F)F.O=C(O)C(F)(F)F. The second kappa shape index (κ2) is 13.3. The number of hydrogen-bond donors (Lipinski definition) is 2. The van der Waals surface area contributed by atoms with Gasteiger partial charge < -0.3 is 14.9 Å². The molecule has 0 amide bonds. The van der Waals surface area contributed by atoms with Crippen molar-refractivity contribution in [2.24, 2.45) is 5.92 Å². The molecule has 0 spiro atoms. The number of ether oxygens (including phenoxy) is 1. The summed E-state index contributed by atoms with van der Waals surface area (Å²) in [6, 6.07) is 4.05. The first-order chi connectivity index (χ1) is 16.9. The number of aromatic nitrogens is 1. The van der Waals surface area contributed by atoms with Gasteiger partial charge in [-0.15, -0.1) is 0 Å². The first kappa shape index (κ1) is 32.5. The van der Waals surface area contributed by atoms with Crippen LogP contribution in [0.2, 0.25) is 0 Å². The van der Waals surface area contributed by atoms with Gasteiger partial charge in [-0.3, -0.25) is 9.88 Å². The molecular weight excluding hydrogens is 540 g/mol. The predicted octanol–water partition coefficient (Wildman–Crippen LogP) is 2.22. The molecule has 37 heavy (non-hydrogen) atoms. The van der Waals surface area contributed by atoms with Crippen LogP contribution in [0.25, 0.3) is 0 Å². The van der Waals surface area contributed by atoms with Crippen LogP contribution in [-0.4, -0.2) is 102 Å². The molecule has 2 fully saturated rings. The first-order valence-corrected chi connectivity index (χ1v) is 12.3. The average molecular weight is 568 g/mol. The number of carboxylic acid groups (broad SMARTS) is 2. The number of carbonyl (C=O) groups is 2. The minimum Gasteiger partial charge on any atom is -0.475 e. The molecule has 3 heterocycles. The van der Waals surface area contributed by atoms with E-state index in [-0.39, 0.29) is 23.8 Å². The number of halogens is 6. The second-order valence-electron chi connectivity index (χ2n) is 7.96. The molecule has 17 heteroatoms. The molecule has 0 aliphatic carbocycles. The summed E-state index contributed by atoms with van der Waals surface area (Å²) in [5.74, 6) is -5.10. The van der Waals surface area contributed by atoms with Gasteiger partial charge in [-0.2, -0.15) is 30.6 Å². The Morgan fingerprint density at radius 1 is 1.05 bits per heavy atom. The van der Waals surface area contributed by atoms with E-state index in [1.54, 1.807) is 30.7 Å². The number of fused-ring (bicyclic) bond motifs is 1. The number of hydrogen-bond acceptors (Lipinski definition) is 7. The summed E-state index contributed by atoms with van der Waals surface area (Å²) in [5.41, 5.74) is 1.21. The topological polar surface area (TPSA) is 137 Å². The molecule has 0 bridgehead atoms. The van der Waals surface area contributed by atoms with Gasteiger partial charge in [0.05, 0.1) is 11.9 Å². The summed E-state index contributed by atoms with van der Waals surface area (Å²) < 4.78 is 95.7. The zero-order valence-corrected chi connectivity index (χ0v) is 20.6. The van der Waals surface area contributed by atoms with Crippen molar-refractivity contribution in [1.29, 1.82) is 0 Å². The highest BCUT2D eigenvalue weighted by Crippen LogP contribution is 2.34. The number of carboxylic acids is 2. The Labute approximate surface area is 208 Å². The lowest BCUT2D eigenvalue weighted by atomic mass is 9.91. The lowest BCUT2D eigenvalue weighted by Gasteiger charge is -2.39. The average Bonchev–Trinajstić information content (AvgIpc) is 3.22. The van der Waals surface area contributed by atoms with Crippen LogP contribution < -0.4 is 0 Å². The van der Waals surface area contributed by atoms with Crippen molar-refractivity contribution in [2.75, 3.05) is 32.5 Å². The summed E-state index contributed by atoms with van der Waals surface area (Å²) in [4.78, 5) is 24.2. The van der Waals surface area contributed by atoms with Crippen LogP contribution in [-0.2, 0) is 30.9 Å². The van der Waals surface area contributed by atoms with E-state index in [9.17, 15) is 34.8 Å².